The Balaban J connectivity index is 1.64. The van der Waals surface area contributed by atoms with E-state index in [1.54, 1.807) is 0 Å². The fourth-order valence-corrected chi connectivity index (χ4v) is 3.55. The van der Waals surface area contributed by atoms with Crippen molar-refractivity contribution in [3.63, 3.8) is 0 Å². The van der Waals surface area contributed by atoms with E-state index in [-0.39, 0.29) is 24.2 Å². The van der Waals surface area contributed by atoms with Gasteiger partial charge in [-0.3, -0.25) is 0 Å². The van der Waals surface area contributed by atoms with Crippen molar-refractivity contribution >= 4 is 6.03 Å². The summed E-state index contributed by atoms with van der Waals surface area (Å²) in [4.78, 5) is 12.4. The predicted molar refractivity (Wildman–Crippen MR) is 88.1 cm³/mol. The van der Waals surface area contributed by atoms with Crippen LogP contribution in [0.4, 0.5) is 4.79 Å². The normalized spacial score (nSPS) is 29.0. The van der Waals surface area contributed by atoms with Gasteiger partial charge in [-0.2, -0.15) is 0 Å². The van der Waals surface area contributed by atoms with Gasteiger partial charge in [0.2, 0.25) is 0 Å². The smallest absolute Gasteiger partial charge is 0.315 e. The average Bonchev–Trinajstić information content (AvgIpc) is 3.10. The van der Waals surface area contributed by atoms with Crippen LogP contribution in [0.2, 0.25) is 0 Å². The highest BCUT2D eigenvalue weighted by atomic mass is 16.5. The molecule has 0 bridgehead atoms. The van der Waals surface area contributed by atoms with Crippen LogP contribution in [0.25, 0.3) is 0 Å². The molecule has 1 aromatic rings. The Morgan fingerprint density at radius 2 is 1.91 bits per heavy atom. The summed E-state index contributed by atoms with van der Waals surface area (Å²) in [5, 5.41) is 16.0. The second kappa shape index (κ2) is 7.79. The van der Waals surface area contributed by atoms with Gasteiger partial charge in [-0.1, -0.05) is 43.2 Å². The summed E-state index contributed by atoms with van der Waals surface area (Å²) in [5.74, 6) is 0. The first-order chi connectivity index (χ1) is 11.2. The zero-order chi connectivity index (χ0) is 16.1. The number of nitrogens with one attached hydrogen (secondary N) is 2. The first-order valence-electron chi connectivity index (χ1n) is 8.65. The number of amides is 2. The van der Waals surface area contributed by atoms with Gasteiger partial charge >= 0.3 is 6.03 Å². The maximum absolute atomic E-state index is 12.4. The zero-order valence-corrected chi connectivity index (χ0v) is 13.4. The van der Waals surface area contributed by atoms with Crippen LogP contribution < -0.4 is 10.6 Å². The molecule has 1 heterocycles. The van der Waals surface area contributed by atoms with Gasteiger partial charge in [0.1, 0.15) is 0 Å². The highest BCUT2D eigenvalue weighted by molar-refractivity contribution is 5.75. The van der Waals surface area contributed by atoms with Gasteiger partial charge < -0.3 is 20.5 Å². The highest BCUT2D eigenvalue weighted by Crippen LogP contribution is 2.27. The third kappa shape index (κ3) is 4.24. The van der Waals surface area contributed by atoms with Gasteiger partial charge in [0, 0.05) is 6.61 Å². The molecule has 1 aromatic carbocycles. The Kier molecular flexibility index (Phi) is 5.51. The molecule has 0 aromatic heterocycles. The van der Waals surface area contributed by atoms with Gasteiger partial charge in [0.25, 0.3) is 0 Å². The van der Waals surface area contributed by atoms with Crippen molar-refractivity contribution in [2.45, 2.75) is 62.8 Å². The lowest BCUT2D eigenvalue weighted by molar-refractivity contribution is 0.0766. The van der Waals surface area contributed by atoms with E-state index in [0.717, 1.165) is 50.7 Å². The van der Waals surface area contributed by atoms with E-state index >= 15 is 0 Å². The fourth-order valence-electron chi connectivity index (χ4n) is 3.55. The molecule has 5 heteroatoms. The third-order valence-electron chi connectivity index (χ3n) is 4.83. The number of carbonyl (C=O) groups is 1. The fraction of sp³-hybridized carbons (Fsp3) is 0.611. The van der Waals surface area contributed by atoms with Crippen LogP contribution >= 0.6 is 0 Å². The average molecular weight is 318 g/mol. The first kappa shape index (κ1) is 16.3. The summed E-state index contributed by atoms with van der Waals surface area (Å²) in [7, 11) is 0. The van der Waals surface area contributed by atoms with Crippen molar-refractivity contribution in [3.8, 4) is 0 Å². The molecular formula is C18H26N2O3. The number of hydrogen-bond donors (Lipinski definition) is 3. The minimum absolute atomic E-state index is 0.0134. The van der Waals surface area contributed by atoms with Gasteiger partial charge in [-0.05, 0) is 31.2 Å². The number of urea groups is 1. The lowest BCUT2D eigenvalue weighted by Crippen LogP contribution is -2.50. The number of hydrogen-bond acceptors (Lipinski definition) is 3. The number of ether oxygens (including phenoxy) is 1. The van der Waals surface area contributed by atoms with Gasteiger partial charge in [-0.15, -0.1) is 0 Å². The summed E-state index contributed by atoms with van der Waals surface area (Å²) in [5.41, 5.74) is 1.05. The van der Waals surface area contributed by atoms with Crippen molar-refractivity contribution in [1.29, 1.82) is 0 Å². The molecule has 1 saturated heterocycles. The molecule has 0 radical (unpaired) electrons. The molecule has 2 aliphatic rings. The van der Waals surface area contributed by atoms with Gasteiger partial charge in [0.05, 0.1) is 24.3 Å². The number of benzene rings is 1. The molecule has 4 atom stereocenters. The minimum Gasteiger partial charge on any atom is -0.391 e. The molecule has 1 aliphatic heterocycles. The molecule has 126 valence electrons. The SMILES string of the molecule is O=C(N[C@@H]1CCCC[C@@H]1O)N[C@@H](c1ccccc1)[C@@H]1CCCO1. The Morgan fingerprint density at radius 1 is 1.13 bits per heavy atom. The molecule has 1 aliphatic carbocycles. The molecule has 3 rings (SSSR count). The van der Waals surface area contributed by atoms with E-state index in [2.05, 4.69) is 10.6 Å². The second-order valence-corrected chi connectivity index (χ2v) is 6.52. The standard InChI is InChI=1S/C18H26N2O3/c21-15-10-5-4-9-14(15)19-18(22)20-17(16-11-6-12-23-16)13-7-2-1-3-8-13/h1-3,7-8,14-17,21H,4-6,9-12H2,(H2,19,20,22)/t14-,15+,16+,17+/m1/s1. The molecule has 2 fully saturated rings. The van der Waals surface area contributed by atoms with E-state index in [0.29, 0.717) is 0 Å². The molecular weight excluding hydrogens is 292 g/mol. The molecule has 3 N–H and O–H groups in total. The summed E-state index contributed by atoms with van der Waals surface area (Å²) >= 11 is 0. The van der Waals surface area contributed by atoms with Crippen molar-refractivity contribution in [1.82, 2.24) is 10.6 Å². The zero-order valence-electron chi connectivity index (χ0n) is 13.4. The summed E-state index contributed by atoms with van der Waals surface area (Å²) in [6, 6.07) is 9.42. The van der Waals surface area contributed by atoms with Crippen LogP contribution in [0.5, 0.6) is 0 Å². The maximum Gasteiger partial charge on any atom is 0.315 e. The molecule has 23 heavy (non-hydrogen) atoms. The minimum atomic E-state index is -0.438. The van der Waals surface area contributed by atoms with Crippen LogP contribution in [0.3, 0.4) is 0 Å². The number of carbonyl (C=O) groups excluding carboxylic acids is 1. The highest BCUT2D eigenvalue weighted by Gasteiger charge is 2.30. The third-order valence-corrected chi connectivity index (χ3v) is 4.83. The van der Waals surface area contributed by atoms with Crippen LogP contribution in [-0.4, -0.2) is 36.0 Å². The summed E-state index contributed by atoms with van der Waals surface area (Å²) in [6.45, 7) is 0.749. The van der Waals surface area contributed by atoms with Crippen LogP contribution in [0.1, 0.15) is 50.1 Å². The molecule has 0 spiro atoms. The largest absolute Gasteiger partial charge is 0.391 e. The monoisotopic (exact) mass is 318 g/mol. The lowest BCUT2D eigenvalue weighted by atomic mass is 9.93. The lowest BCUT2D eigenvalue weighted by Gasteiger charge is -2.30. The summed E-state index contributed by atoms with van der Waals surface area (Å²) in [6.07, 6.45) is 5.24. The predicted octanol–water partition coefficient (Wildman–Crippen LogP) is 2.51. The van der Waals surface area contributed by atoms with Crippen molar-refractivity contribution < 1.29 is 14.6 Å². The van der Waals surface area contributed by atoms with E-state index in [1.165, 1.54) is 0 Å². The van der Waals surface area contributed by atoms with Crippen LogP contribution in [-0.2, 0) is 4.74 Å². The van der Waals surface area contributed by atoms with Crippen molar-refractivity contribution in [2.75, 3.05) is 6.61 Å². The Morgan fingerprint density at radius 3 is 2.61 bits per heavy atom. The number of aliphatic hydroxyl groups excluding tert-OH is 1. The first-order valence-corrected chi connectivity index (χ1v) is 8.65. The van der Waals surface area contributed by atoms with E-state index in [1.807, 2.05) is 30.3 Å². The molecule has 5 nitrogen and oxygen atoms in total. The Labute approximate surface area is 137 Å². The quantitative estimate of drug-likeness (QED) is 0.799. The molecule has 0 unspecified atom stereocenters. The van der Waals surface area contributed by atoms with Crippen LogP contribution in [0, 0.1) is 0 Å². The van der Waals surface area contributed by atoms with E-state index < -0.39 is 6.10 Å². The number of rotatable bonds is 4. The molecule has 2 amide bonds. The Bertz CT molecular complexity index is 502. The van der Waals surface area contributed by atoms with Gasteiger partial charge in [0.15, 0.2) is 0 Å². The number of aliphatic hydroxyl groups is 1. The second-order valence-electron chi connectivity index (χ2n) is 6.52. The van der Waals surface area contributed by atoms with Crippen molar-refractivity contribution in [3.05, 3.63) is 35.9 Å². The Hall–Kier alpha value is -1.59. The van der Waals surface area contributed by atoms with E-state index in [9.17, 15) is 9.90 Å². The topological polar surface area (TPSA) is 70.6 Å². The maximum atomic E-state index is 12.4. The summed E-state index contributed by atoms with van der Waals surface area (Å²) < 4.78 is 5.79. The molecule has 1 saturated carbocycles. The van der Waals surface area contributed by atoms with Crippen LogP contribution in [0.15, 0.2) is 30.3 Å². The van der Waals surface area contributed by atoms with Crippen molar-refractivity contribution in [2.24, 2.45) is 0 Å². The van der Waals surface area contributed by atoms with E-state index in [4.69, 9.17) is 4.74 Å². The van der Waals surface area contributed by atoms with Gasteiger partial charge in [-0.25, -0.2) is 4.79 Å².